The van der Waals surface area contributed by atoms with Crippen LogP contribution in [0.1, 0.15) is 42.0 Å². The maximum Gasteiger partial charge on any atom is 0.161 e. The highest BCUT2D eigenvalue weighted by atomic mass is 16.5. The summed E-state index contributed by atoms with van der Waals surface area (Å²) in [6.07, 6.45) is 2.02. The predicted octanol–water partition coefficient (Wildman–Crippen LogP) is 4.68. The summed E-state index contributed by atoms with van der Waals surface area (Å²) in [5.74, 6) is 3.60. The molecule has 2 aromatic rings. The normalized spacial score (nSPS) is 22.9. The van der Waals surface area contributed by atoms with E-state index in [2.05, 4.69) is 51.1 Å². The molecule has 1 heterocycles. The van der Waals surface area contributed by atoms with Crippen molar-refractivity contribution in [1.82, 2.24) is 0 Å². The molecule has 0 saturated carbocycles. The molecular weight excluding hydrogens is 312 g/mol. The molecule has 0 unspecified atom stereocenters. The van der Waals surface area contributed by atoms with E-state index in [0.717, 1.165) is 30.1 Å². The molecule has 132 valence electrons. The number of benzene rings is 2. The van der Waals surface area contributed by atoms with E-state index in [1.54, 1.807) is 14.2 Å². The van der Waals surface area contributed by atoms with Gasteiger partial charge in [-0.1, -0.05) is 17.7 Å². The molecule has 0 amide bonds. The third kappa shape index (κ3) is 2.57. The van der Waals surface area contributed by atoms with Crippen molar-refractivity contribution in [3.8, 4) is 17.2 Å². The zero-order valence-corrected chi connectivity index (χ0v) is 15.7. The minimum atomic E-state index is -0.183. The van der Waals surface area contributed by atoms with Gasteiger partial charge in [0.25, 0.3) is 0 Å². The second kappa shape index (κ2) is 5.69. The molecule has 3 heteroatoms. The Morgan fingerprint density at radius 1 is 0.960 bits per heavy atom. The van der Waals surface area contributed by atoms with Crippen molar-refractivity contribution in [2.24, 2.45) is 5.92 Å². The van der Waals surface area contributed by atoms with Crippen molar-refractivity contribution in [1.29, 1.82) is 0 Å². The van der Waals surface area contributed by atoms with Crippen molar-refractivity contribution < 1.29 is 14.2 Å². The number of methoxy groups -OCH3 is 2. The van der Waals surface area contributed by atoms with E-state index in [9.17, 15) is 0 Å². The number of hydrogen-bond acceptors (Lipinski definition) is 3. The average Bonchev–Trinajstić information content (AvgIpc) is 2.60. The van der Waals surface area contributed by atoms with Gasteiger partial charge in [0.15, 0.2) is 11.5 Å². The summed E-state index contributed by atoms with van der Waals surface area (Å²) in [4.78, 5) is 0. The molecule has 3 nitrogen and oxygen atoms in total. The van der Waals surface area contributed by atoms with Gasteiger partial charge in [-0.3, -0.25) is 0 Å². The van der Waals surface area contributed by atoms with E-state index in [0.29, 0.717) is 11.8 Å². The maximum atomic E-state index is 6.40. The van der Waals surface area contributed by atoms with Crippen molar-refractivity contribution in [2.75, 3.05) is 14.2 Å². The predicted molar refractivity (Wildman–Crippen MR) is 99.1 cm³/mol. The van der Waals surface area contributed by atoms with Crippen molar-refractivity contribution in [3.05, 3.63) is 52.6 Å². The summed E-state index contributed by atoms with van der Waals surface area (Å²) in [5.41, 5.74) is 5.18. The van der Waals surface area contributed by atoms with Gasteiger partial charge in [-0.05, 0) is 74.4 Å². The van der Waals surface area contributed by atoms with Crippen LogP contribution in [0.5, 0.6) is 17.2 Å². The van der Waals surface area contributed by atoms with Crippen LogP contribution in [0.3, 0.4) is 0 Å². The van der Waals surface area contributed by atoms with Gasteiger partial charge >= 0.3 is 0 Å². The van der Waals surface area contributed by atoms with Crippen LogP contribution in [0.15, 0.2) is 30.3 Å². The highest BCUT2D eigenvalue weighted by molar-refractivity contribution is 5.52. The molecule has 0 radical (unpaired) electrons. The zero-order valence-electron chi connectivity index (χ0n) is 15.7. The van der Waals surface area contributed by atoms with Crippen molar-refractivity contribution in [3.63, 3.8) is 0 Å². The van der Waals surface area contributed by atoms with Crippen LogP contribution in [0.25, 0.3) is 0 Å². The molecule has 0 N–H and O–H groups in total. The summed E-state index contributed by atoms with van der Waals surface area (Å²) >= 11 is 0. The van der Waals surface area contributed by atoms with E-state index in [1.807, 2.05) is 0 Å². The van der Waals surface area contributed by atoms with Crippen LogP contribution in [0, 0.1) is 12.8 Å². The zero-order chi connectivity index (χ0) is 17.8. The lowest BCUT2D eigenvalue weighted by Gasteiger charge is -2.48. The fourth-order valence-corrected chi connectivity index (χ4v) is 4.57. The second-order valence-electron chi connectivity index (χ2n) is 7.84. The van der Waals surface area contributed by atoms with Gasteiger partial charge in [0.1, 0.15) is 11.4 Å². The maximum absolute atomic E-state index is 6.40. The minimum absolute atomic E-state index is 0.183. The Hall–Kier alpha value is -2.16. The lowest BCUT2D eigenvalue weighted by Crippen LogP contribution is -2.47. The molecule has 0 aromatic heterocycles. The Morgan fingerprint density at radius 3 is 2.24 bits per heavy atom. The number of fused-ring (bicyclic) bond motifs is 4. The standard InChI is InChI=1S/C22H26O3/c1-13-6-7-19-17(8-13)16-9-14-11-20(23-4)21(24-5)12-15(14)10-18(16)22(2,3)25-19/h6-8,11-12,16,18H,9-10H2,1-5H3/t16-,18-/m0/s1. The Balaban J connectivity index is 1.83. The molecule has 2 atom stereocenters. The van der Waals surface area contributed by atoms with Gasteiger partial charge in [-0.25, -0.2) is 0 Å². The van der Waals surface area contributed by atoms with Crippen LogP contribution in [0.2, 0.25) is 0 Å². The average molecular weight is 338 g/mol. The van der Waals surface area contributed by atoms with Crippen LogP contribution in [0.4, 0.5) is 0 Å². The largest absolute Gasteiger partial charge is 0.493 e. The summed E-state index contributed by atoms with van der Waals surface area (Å²) in [7, 11) is 3.40. The van der Waals surface area contributed by atoms with Gasteiger partial charge in [-0.2, -0.15) is 0 Å². The molecule has 2 aromatic carbocycles. The first-order valence-corrected chi connectivity index (χ1v) is 8.96. The molecule has 1 aliphatic carbocycles. The van der Waals surface area contributed by atoms with Crippen LogP contribution in [-0.4, -0.2) is 19.8 Å². The van der Waals surface area contributed by atoms with Gasteiger partial charge in [0.2, 0.25) is 0 Å². The third-order valence-electron chi connectivity index (χ3n) is 5.90. The van der Waals surface area contributed by atoms with E-state index < -0.39 is 0 Å². The lowest BCUT2D eigenvalue weighted by atomic mass is 9.65. The van der Waals surface area contributed by atoms with E-state index >= 15 is 0 Å². The monoisotopic (exact) mass is 338 g/mol. The second-order valence-corrected chi connectivity index (χ2v) is 7.84. The summed E-state index contributed by atoms with van der Waals surface area (Å²) in [6.45, 7) is 6.60. The van der Waals surface area contributed by atoms with E-state index in [-0.39, 0.29) is 5.60 Å². The quantitative estimate of drug-likeness (QED) is 0.795. The molecule has 2 aliphatic rings. The van der Waals surface area contributed by atoms with Crippen LogP contribution < -0.4 is 14.2 Å². The fraction of sp³-hybridized carbons (Fsp3) is 0.455. The highest BCUT2D eigenvalue weighted by Crippen LogP contribution is 2.51. The van der Waals surface area contributed by atoms with Crippen LogP contribution >= 0.6 is 0 Å². The molecule has 0 bridgehead atoms. The third-order valence-corrected chi connectivity index (χ3v) is 5.90. The number of rotatable bonds is 2. The first-order chi connectivity index (χ1) is 11.9. The molecule has 4 rings (SSSR count). The first-order valence-electron chi connectivity index (χ1n) is 8.96. The van der Waals surface area contributed by atoms with Crippen molar-refractivity contribution >= 4 is 0 Å². The van der Waals surface area contributed by atoms with Gasteiger partial charge in [0.05, 0.1) is 14.2 Å². The molecule has 1 aliphatic heterocycles. The number of aryl methyl sites for hydroxylation is 1. The van der Waals surface area contributed by atoms with Gasteiger partial charge in [0, 0.05) is 5.92 Å². The Morgan fingerprint density at radius 2 is 1.60 bits per heavy atom. The smallest absolute Gasteiger partial charge is 0.161 e. The summed E-state index contributed by atoms with van der Waals surface area (Å²) < 4.78 is 17.4. The van der Waals surface area contributed by atoms with E-state index in [4.69, 9.17) is 14.2 Å². The van der Waals surface area contributed by atoms with Gasteiger partial charge < -0.3 is 14.2 Å². The van der Waals surface area contributed by atoms with E-state index in [1.165, 1.54) is 22.3 Å². The number of ether oxygens (including phenoxy) is 3. The molecule has 25 heavy (non-hydrogen) atoms. The first kappa shape index (κ1) is 16.3. The molecular formula is C22H26O3. The minimum Gasteiger partial charge on any atom is -0.493 e. The molecule has 0 saturated heterocycles. The molecule has 0 fully saturated rings. The summed E-state index contributed by atoms with van der Waals surface area (Å²) in [6, 6.07) is 10.9. The Kier molecular flexibility index (Phi) is 3.71. The SMILES string of the molecule is COc1cc2c(cc1OC)C[C@H]1[C@@H](C2)c2cc(C)ccc2OC1(C)C. The topological polar surface area (TPSA) is 27.7 Å². The lowest BCUT2D eigenvalue weighted by molar-refractivity contribution is 0.00659. The Bertz CT molecular complexity index is 822. The summed E-state index contributed by atoms with van der Waals surface area (Å²) in [5, 5.41) is 0. The Labute approximate surface area is 149 Å². The highest BCUT2D eigenvalue weighted by Gasteiger charge is 2.46. The fourth-order valence-electron chi connectivity index (χ4n) is 4.57. The number of hydrogen-bond donors (Lipinski definition) is 0. The van der Waals surface area contributed by atoms with Gasteiger partial charge in [-0.15, -0.1) is 0 Å². The van der Waals surface area contributed by atoms with Crippen molar-refractivity contribution in [2.45, 2.75) is 45.1 Å². The van der Waals surface area contributed by atoms with Crippen LogP contribution in [-0.2, 0) is 12.8 Å². The molecule has 0 spiro atoms.